The summed E-state index contributed by atoms with van der Waals surface area (Å²) in [7, 11) is 0. The molecule has 2 atom stereocenters. The zero-order valence-corrected chi connectivity index (χ0v) is 12.4. The molecule has 0 radical (unpaired) electrons. The average Bonchev–Trinajstić information content (AvgIpc) is 2.90. The van der Waals surface area contributed by atoms with Crippen LogP contribution in [0.5, 0.6) is 5.88 Å². The van der Waals surface area contributed by atoms with Gasteiger partial charge in [0.2, 0.25) is 5.88 Å². The number of pyridine rings is 1. The fourth-order valence-electron chi connectivity index (χ4n) is 2.40. The zero-order valence-electron chi connectivity index (χ0n) is 11.6. The molecular formula is C14H17ClN2O4. The molecule has 7 heteroatoms. The van der Waals surface area contributed by atoms with Crippen molar-refractivity contribution in [3.63, 3.8) is 0 Å². The van der Waals surface area contributed by atoms with Gasteiger partial charge in [-0.25, -0.2) is 4.98 Å². The van der Waals surface area contributed by atoms with E-state index in [1.165, 1.54) is 12.3 Å². The van der Waals surface area contributed by atoms with Crippen LogP contribution in [0.15, 0.2) is 12.3 Å². The van der Waals surface area contributed by atoms with Gasteiger partial charge < -0.3 is 15.2 Å². The van der Waals surface area contributed by atoms with E-state index in [1.54, 1.807) is 0 Å². The Morgan fingerprint density at radius 1 is 1.52 bits per heavy atom. The van der Waals surface area contributed by atoms with E-state index < -0.39 is 5.97 Å². The van der Waals surface area contributed by atoms with E-state index in [-0.39, 0.29) is 22.9 Å². The molecule has 1 aliphatic carbocycles. The number of carboxylic acids is 1. The van der Waals surface area contributed by atoms with E-state index in [1.807, 2.05) is 6.92 Å². The number of aromatic nitrogens is 1. The minimum absolute atomic E-state index is 0.121. The third-order valence-electron chi connectivity index (χ3n) is 3.47. The van der Waals surface area contributed by atoms with Crippen molar-refractivity contribution in [2.75, 3.05) is 6.61 Å². The number of nitrogens with one attached hydrogen (secondary N) is 1. The molecule has 6 nitrogen and oxygen atoms in total. The summed E-state index contributed by atoms with van der Waals surface area (Å²) in [5.41, 5.74) is 0.335. The van der Waals surface area contributed by atoms with Crippen molar-refractivity contribution in [2.24, 2.45) is 5.92 Å². The van der Waals surface area contributed by atoms with Gasteiger partial charge >= 0.3 is 5.97 Å². The Balaban J connectivity index is 1.98. The third-order valence-corrected chi connectivity index (χ3v) is 3.74. The van der Waals surface area contributed by atoms with E-state index in [2.05, 4.69) is 10.3 Å². The van der Waals surface area contributed by atoms with Crippen molar-refractivity contribution in [1.82, 2.24) is 10.3 Å². The third kappa shape index (κ3) is 3.85. The molecule has 1 fully saturated rings. The predicted molar refractivity (Wildman–Crippen MR) is 76.6 cm³/mol. The molecule has 0 saturated heterocycles. The molecule has 1 aliphatic rings. The van der Waals surface area contributed by atoms with E-state index in [0.717, 1.165) is 0 Å². The Bertz CT molecular complexity index is 550. The first-order chi connectivity index (χ1) is 10.0. The summed E-state index contributed by atoms with van der Waals surface area (Å²) in [4.78, 5) is 27.0. The number of carboxylic acid groups (broad SMARTS) is 1. The number of hydrogen-bond donors (Lipinski definition) is 2. The molecule has 1 aromatic rings. The van der Waals surface area contributed by atoms with Crippen LogP contribution in [0.3, 0.4) is 0 Å². The van der Waals surface area contributed by atoms with Crippen LogP contribution in [-0.2, 0) is 4.79 Å². The van der Waals surface area contributed by atoms with E-state index in [9.17, 15) is 9.59 Å². The summed E-state index contributed by atoms with van der Waals surface area (Å²) in [6.45, 7) is 2.26. The highest BCUT2D eigenvalue weighted by Gasteiger charge is 2.30. The quantitative estimate of drug-likeness (QED) is 0.869. The van der Waals surface area contributed by atoms with Gasteiger partial charge in [-0.2, -0.15) is 0 Å². The number of amides is 1. The van der Waals surface area contributed by atoms with Crippen LogP contribution in [-0.4, -0.2) is 34.6 Å². The van der Waals surface area contributed by atoms with Crippen LogP contribution in [0.4, 0.5) is 0 Å². The number of carbonyl (C=O) groups excluding carboxylic acids is 1. The lowest BCUT2D eigenvalue weighted by Crippen LogP contribution is -2.33. The summed E-state index contributed by atoms with van der Waals surface area (Å²) in [6.07, 6.45) is 3.11. The molecule has 1 heterocycles. The van der Waals surface area contributed by atoms with Crippen molar-refractivity contribution < 1.29 is 19.4 Å². The molecule has 0 aliphatic heterocycles. The number of halogens is 1. The van der Waals surface area contributed by atoms with Crippen molar-refractivity contribution in [3.8, 4) is 5.88 Å². The molecule has 1 aromatic heterocycles. The average molecular weight is 313 g/mol. The lowest BCUT2D eigenvalue weighted by Gasteiger charge is -2.13. The number of ether oxygens (including phenoxy) is 1. The molecule has 1 saturated carbocycles. The fourth-order valence-corrected chi connectivity index (χ4v) is 2.62. The maximum Gasteiger partial charge on any atom is 0.306 e. The van der Waals surface area contributed by atoms with Crippen LogP contribution >= 0.6 is 11.6 Å². The van der Waals surface area contributed by atoms with Crippen molar-refractivity contribution in [3.05, 3.63) is 22.8 Å². The standard InChI is InChI=1S/C14H17ClN2O4/c1-2-21-13-11(15)6-9(7-16-13)12(18)17-10-4-3-8(5-10)14(19)20/h6-8,10H,2-5H2,1H3,(H,17,18)(H,19,20)/t8-,10+/m0/s1. The van der Waals surface area contributed by atoms with Gasteiger partial charge in [0, 0.05) is 12.2 Å². The second kappa shape index (κ2) is 6.76. The van der Waals surface area contributed by atoms with Gasteiger partial charge in [0.25, 0.3) is 5.91 Å². The smallest absolute Gasteiger partial charge is 0.306 e. The predicted octanol–water partition coefficient (Wildman–Crippen LogP) is 2.12. The zero-order chi connectivity index (χ0) is 15.4. The molecule has 0 spiro atoms. The minimum atomic E-state index is -0.808. The van der Waals surface area contributed by atoms with Crippen molar-refractivity contribution >= 4 is 23.5 Å². The highest BCUT2D eigenvalue weighted by atomic mass is 35.5. The van der Waals surface area contributed by atoms with Crippen LogP contribution in [0, 0.1) is 5.92 Å². The number of hydrogen-bond acceptors (Lipinski definition) is 4. The SMILES string of the molecule is CCOc1ncc(C(=O)N[C@@H]2CC[C@H](C(=O)O)C2)cc1Cl. The van der Waals surface area contributed by atoms with E-state index >= 15 is 0 Å². The maximum atomic E-state index is 12.1. The summed E-state index contributed by atoms with van der Waals surface area (Å²) in [5, 5.41) is 12.0. The fraction of sp³-hybridized carbons (Fsp3) is 0.500. The van der Waals surface area contributed by atoms with Gasteiger partial charge in [0.1, 0.15) is 5.02 Å². The molecule has 2 N–H and O–H groups in total. The molecule has 0 bridgehead atoms. The van der Waals surface area contributed by atoms with Crippen molar-refractivity contribution in [1.29, 1.82) is 0 Å². The summed E-state index contributed by atoms with van der Waals surface area (Å²) >= 11 is 5.99. The first kappa shape index (κ1) is 15.6. The Morgan fingerprint density at radius 2 is 2.29 bits per heavy atom. The Labute approximate surface area is 127 Å². The van der Waals surface area contributed by atoms with E-state index in [0.29, 0.717) is 37.3 Å². The molecule has 2 rings (SSSR count). The topological polar surface area (TPSA) is 88.5 Å². The van der Waals surface area contributed by atoms with Gasteiger partial charge in [-0.15, -0.1) is 0 Å². The summed E-state index contributed by atoms with van der Waals surface area (Å²) < 4.78 is 5.21. The highest BCUT2D eigenvalue weighted by molar-refractivity contribution is 6.32. The lowest BCUT2D eigenvalue weighted by molar-refractivity contribution is -0.141. The lowest BCUT2D eigenvalue weighted by atomic mass is 10.1. The molecule has 0 unspecified atom stereocenters. The molecule has 114 valence electrons. The Hall–Kier alpha value is -1.82. The van der Waals surface area contributed by atoms with Crippen LogP contribution in [0.25, 0.3) is 0 Å². The van der Waals surface area contributed by atoms with Crippen LogP contribution < -0.4 is 10.1 Å². The number of carbonyl (C=O) groups is 2. The van der Waals surface area contributed by atoms with Gasteiger partial charge in [-0.1, -0.05) is 11.6 Å². The second-order valence-electron chi connectivity index (χ2n) is 4.96. The Kier molecular flexibility index (Phi) is 5.01. The number of rotatable bonds is 5. The number of aliphatic carboxylic acids is 1. The first-order valence-electron chi connectivity index (χ1n) is 6.83. The van der Waals surface area contributed by atoms with Crippen LogP contribution in [0.1, 0.15) is 36.5 Å². The summed E-state index contributed by atoms with van der Waals surface area (Å²) in [6, 6.07) is 1.38. The molecular weight excluding hydrogens is 296 g/mol. The minimum Gasteiger partial charge on any atom is -0.481 e. The monoisotopic (exact) mass is 312 g/mol. The van der Waals surface area contributed by atoms with E-state index in [4.69, 9.17) is 21.4 Å². The van der Waals surface area contributed by atoms with Crippen LogP contribution in [0.2, 0.25) is 5.02 Å². The van der Waals surface area contributed by atoms with Gasteiger partial charge in [-0.05, 0) is 32.3 Å². The van der Waals surface area contributed by atoms with Gasteiger partial charge in [-0.3, -0.25) is 9.59 Å². The molecule has 1 amide bonds. The summed E-state index contributed by atoms with van der Waals surface area (Å²) in [5.74, 6) is -1.19. The first-order valence-corrected chi connectivity index (χ1v) is 7.21. The number of nitrogens with zero attached hydrogens (tertiary/aromatic N) is 1. The Morgan fingerprint density at radius 3 is 2.86 bits per heavy atom. The van der Waals surface area contributed by atoms with Gasteiger partial charge in [0.05, 0.1) is 18.1 Å². The normalized spacial score (nSPS) is 21.0. The molecule has 0 aromatic carbocycles. The largest absolute Gasteiger partial charge is 0.481 e. The second-order valence-corrected chi connectivity index (χ2v) is 5.37. The molecule has 21 heavy (non-hydrogen) atoms. The maximum absolute atomic E-state index is 12.1. The van der Waals surface area contributed by atoms with Gasteiger partial charge in [0.15, 0.2) is 0 Å². The van der Waals surface area contributed by atoms with Crippen molar-refractivity contribution in [2.45, 2.75) is 32.2 Å². The highest BCUT2D eigenvalue weighted by Crippen LogP contribution is 2.26.